The summed E-state index contributed by atoms with van der Waals surface area (Å²) in [5.74, 6) is 0.480. The SMILES string of the molecule is CCCCNc1nc(Cl)[nH]c1C(=O)NCCCn1nnc(Cc2ccc(C(F)(F)F)cc2)n1. The monoisotopic (exact) mass is 484 g/mol. The molecule has 1 aromatic carbocycles. The van der Waals surface area contributed by atoms with E-state index in [0.717, 1.165) is 25.0 Å². The third-order valence-corrected chi connectivity index (χ3v) is 4.86. The molecule has 2 aromatic heterocycles. The van der Waals surface area contributed by atoms with Crippen molar-refractivity contribution in [2.75, 3.05) is 18.4 Å². The molecule has 3 N–H and O–H groups in total. The lowest BCUT2D eigenvalue weighted by molar-refractivity contribution is -0.137. The summed E-state index contributed by atoms with van der Waals surface area (Å²) in [6.07, 6.45) is -1.61. The number of nitrogens with zero attached hydrogens (tertiary/aromatic N) is 5. The summed E-state index contributed by atoms with van der Waals surface area (Å²) in [7, 11) is 0. The number of imidazole rings is 1. The van der Waals surface area contributed by atoms with Crippen LogP contribution in [0, 0.1) is 0 Å². The smallest absolute Gasteiger partial charge is 0.368 e. The highest BCUT2D eigenvalue weighted by molar-refractivity contribution is 6.28. The molecule has 2 heterocycles. The molecule has 178 valence electrons. The van der Waals surface area contributed by atoms with E-state index in [9.17, 15) is 18.0 Å². The highest BCUT2D eigenvalue weighted by Gasteiger charge is 2.29. The molecule has 0 atom stereocenters. The van der Waals surface area contributed by atoms with Gasteiger partial charge in [0.2, 0.25) is 5.28 Å². The van der Waals surface area contributed by atoms with Gasteiger partial charge in [0.15, 0.2) is 11.6 Å². The summed E-state index contributed by atoms with van der Waals surface area (Å²) in [4.78, 5) is 20.6. The molecule has 0 radical (unpaired) electrons. The van der Waals surface area contributed by atoms with Gasteiger partial charge in [-0.3, -0.25) is 4.79 Å². The third kappa shape index (κ3) is 7.17. The molecule has 0 aliphatic rings. The quantitative estimate of drug-likeness (QED) is 0.358. The second kappa shape index (κ2) is 11.1. The van der Waals surface area contributed by atoms with E-state index in [1.54, 1.807) is 0 Å². The summed E-state index contributed by atoms with van der Waals surface area (Å²) in [6, 6.07) is 4.85. The lowest BCUT2D eigenvalue weighted by atomic mass is 10.1. The summed E-state index contributed by atoms with van der Waals surface area (Å²) in [5, 5.41) is 18.1. The molecular formula is C20H24ClF3N8O. The molecule has 0 saturated heterocycles. The van der Waals surface area contributed by atoms with E-state index < -0.39 is 11.7 Å². The van der Waals surface area contributed by atoms with E-state index in [1.165, 1.54) is 16.9 Å². The average molecular weight is 485 g/mol. The summed E-state index contributed by atoms with van der Waals surface area (Å²) in [5.41, 5.74) is 0.219. The standard InChI is InChI=1S/C20H24ClF3N8O/c1-2-3-9-25-17-16(27-19(21)28-17)18(33)26-10-4-11-32-30-15(29-31-32)12-13-5-7-14(8-6-13)20(22,23)24/h5-8,25H,2-4,9-12H2,1H3,(H,26,33)(H,27,28). The number of amides is 1. The van der Waals surface area contributed by atoms with Crippen molar-refractivity contribution in [1.82, 2.24) is 35.5 Å². The number of unbranched alkanes of at least 4 members (excludes halogenated alkanes) is 1. The molecule has 9 nitrogen and oxygen atoms in total. The van der Waals surface area contributed by atoms with Crippen molar-refractivity contribution in [3.8, 4) is 0 Å². The number of aromatic amines is 1. The predicted octanol–water partition coefficient (Wildman–Crippen LogP) is 3.69. The zero-order chi connectivity index (χ0) is 23.8. The van der Waals surface area contributed by atoms with Gasteiger partial charge in [-0.1, -0.05) is 25.5 Å². The van der Waals surface area contributed by atoms with Crippen molar-refractivity contribution >= 4 is 23.3 Å². The maximum atomic E-state index is 12.6. The number of tetrazole rings is 1. The Balaban J connectivity index is 1.44. The van der Waals surface area contributed by atoms with E-state index in [1.807, 2.05) is 0 Å². The van der Waals surface area contributed by atoms with Gasteiger partial charge in [-0.2, -0.15) is 18.0 Å². The first kappa shape index (κ1) is 24.5. The van der Waals surface area contributed by atoms with Gasteiger partial charge < -0.3 is 15.6 Å². The van der Waals surface area contributed by atoms with Crippen molar-refractivity contribution in [3.63, 3.8) is 0 Å². The van der Waals surface area contributed by atoms with Crippen LogP contribution in [0.25, 0.3) is 0 Å². The summed E-state index contributed by atoms with van der Waals surface area (Å²) >= 11 is 5.89. The fourth-order valence-electron chi connectivity index (χ4n) is 2.97. The molecule has 3 rings (SSSR count). The van der Waals surface area contributed by atoms with Crippen LogP contribution in [0.3, 0.4) is 0 Å². The fourth-order valence-corrected chi connectivity index (χ4v) is 3.15. The summed E-state index contributed by atoms with van der Waals surface area (Å²) in [6.45, 7) is 3.52. The van der Waals surface area contributed by atoms with Crippen LogP contribution in [0.5, 0.6) is 0 Å². The highest BCUT2D eigenvalue weighted by Crippen LogP contribution is 2.29. The average Bonchev–Trinajstić information content (AvgIpc) is 3.37. The van der Waals surface area contributed by atoms with Crippen LogP contribution in [-0.4, -0.2) is 49.2 Å². The van der Waals surface area contributed by atoms with Crippen LogP contribution in [0.1, 0.15) is 53.6 Å². The molecule has 0 saturated carbocycles. The zero-order valence-electron chi connectivity index (χ0n) is 17.9. The van der Waals surface area contributed by atoms with Gasteiger partial charge >= 0.3 is 6.18 Å². The molecule has 13 heteroatoms. The van der Waals surface area contributed by atoms with Gasteiger partial charge in [0.05, 0.1) is 12.1 Å². The van der Waals surface area contributed by atoms with Gasteiger partial charge in [0, 0.05) is 19.5 Å². The number of nitrogens with one attached hydrogen (secondary N) is 3. The number of H-pyrrole nitrogens is 1. The predicted molar refractivity (Wildman–Crippen MR) is 116 cm³/mol. The Morgan fingerprint density at radius 1 is 1.18 bits per heavy atom. The van der Waals surface area contributed by atoms with Crippen molar-refractivity contribution in [2.45, 2.75) is 45.3 Å². The number of alkyl halides is 3. The Morgan fingerprint density at radius 3 is 2.64 bits per heavy atom. The Kier molecular flexibility index (Phi) is 8.26. The molecule has 0 aliphatic heterocycles. The van der Waals surface area contributed by atoms with Crippen LogP contribution < -0.4 is 10.6 Å². The molecule has 1 amide bonds. The van der Waals surface area contributed by atoms with Gasteiger partial charge in [-0.15, -0.1) is 10.2 Å². The number of rotatable bonds is 11. The maximum Gasteiger partial charge on any atom is 0.416 e. The summed E-state index contributed by atoms with van der Waals surface area (Å²) < 4.78 is 37.9. The van der Waals surface area contributed by atoms with E-state index in [-0.39, 0.29) is 23.3 Å². The van der Waals surface area contributed by atoms with E-state index >= 15 is 0 Å². The van der Waals surface area contributed by atoms with Crippen LogP contribution >= 0.6 is 11.6 Å². The normalized spacial score (nSPS) is 11.5. The van der Waals surface area contributed by atoms with Crippen molar-refractivity contribution < 1.29 is 18.0 Å². The third-order valence-electron chi connectivity index (χ3n) is 4.68. The molecule has 0 spiro atoms. The molecule has 0 bridgehead atoms. The van der Waals surface area contributed by atoms with Gasteiger partial charge in [-0.25, -0.2) is 4.98 Å². The van der Waals surface area contributed by atoms with Crippen LogP contribution in [0.15, 0.2) is 24.3 Å². The van der Waals surface area contributed by atoms with Gasteiger partial charge in [0.1, 0.15) is 5.69 Å². The molecule has 0 fully saturated rings. The fraction of sp³-hybridized carbons (Fsp3) is 0.450. The number of aryl methyl sites for hydroxylation is 1. The first-order chi connectivity index (χ1) is 15.8. The molecule has 0 aliphatic carbocycles. The molecule has 33 heavy (non-hydrogen) atoms. The zero-order valence-corrected chi connectivity index (χ0v) is 18.7. The number of carbonyl (C=O) groups excluding carboxylic acids is 1. The van der Waals surface area contributed by atoms with Crippen molar-refractivity contribution in [3.05, 3.63) is 52.2 Å². The van der Waals surface area contributed by atoms with E-state index in [0.29, 0.717) is 43.3 Å². The minimum Gasteiger partial charge on any atom is -0.368 e. The number of benzene rings is 1. The lowest BCUT2D eigenvalue weighted by Gasteiger charge is -2.07. The topological polar surface area (TPSA) is 113 Å². The Labute approximate surface area is 193 Å². The van der Waals surface area contributed by atoms with Crippen molar-refractivity contribution in [2.24, 2.45) is 0 Å². The first-order valence-electron chi connectivity index (χ1n) is 10.5. The number of carbonyl (C=O) groups is 1. The van der Waals surface area contributed by atoms with Crippen LogP contribution in [0.4, 0.5) is 19.0 Å². The second-order valence-electron chi connectivity index (χ2n) is 7.31. The number of halogens is 4. The van der Waals surface area contributed by atoms with Gasteiger partial charge in [0.25, 0.3) is 5.91 Å². The van der Waals surface area contributed by atoms with E-state index in [4.69, 9.17) is 11.6 Å². The number of hydrogen-bond acceptors (Lipinski definition) is 6. The minimum atomic E-state index is -4.37. The van der Waals surface area contributed by atoms with Crippen LogP contribution in [-0.2, 0) is 19.1 Å². The molecular weight excluding hydrogens is 461 g/mol. The Morgan fingerprint density at radius 2 is 1.94 bits per heavy atom. The Bertz CT molecular complexity index is 1050. The minimum absolute atomic E-state index is 0.131. The number of hydrogen-bond donors (Lipinski definition) is 3. The number of aromatic nitrogens is 6. The van der Waals surface area contributed by atoms with Crippen molar-refractivity contribution in [1.29, 1.82) is 0 Å². The number of anilines is 1. The second-order valence-corrected chi connectivity index (χ2v) is 7.67. The first-order valence-corrected chi connectivity index (χ1v) is 10.8. The van der Waals surface area contributed by atoms with Crippen LogP contribution in [0.2, 0.25) is 5.28 Å². The lowest BCUT2D eigenvalue weighted by Crippen LogP contribution is -2.26. The van der Waals surface area contributed by atoms with Gasteiger partial charge in [-0.05, 0) is 47.4 Å². The van der Waals surface area contributed by atoms with E-state index in [2.05, 4.69) is 42.9 Å². The highest BCUT2D eigenvalue weighted by atomic mass is 35.5. The molecule has 3 aromatic rings. The largest absolute Gasteiger partial charge is 0.416 e. The molecule has 0 unspecified atom stereocenters. The maximum absolute atomic E-state index is 12.6. The Hall–Kier alpha value is -3.15.